The van der Waals surface area contributed by atoms with Gasteiger partial charge in [0.1, 0.15) is 5.88 Å². The summed E-state index contributed by atoms with van der Waals surface area (Å²) in [6.45, 7) is 1.74. The molecular formula is C28H31N5O7S. The maximum atomic E-state index is 13.2. The molecule has 2 amide bonds. The molecule has 1 aliphatic rings. The number of carbonyl (C=O) groups excluding carboxylic acids is 1. The minimum atomic E-state index is -3.71. The van der Waals surface area contributed by atoms with Crippen molar-refractivity contribution < 1.29 is 28.0 Å². The predicted molar refractivity (Wildman–Crippen MR) is 154 cm³/mol. The number of carbonyl (C=O) groups is 2. The Morgan fingerprint density at radius 3 is 2.49 bits per heavy atom. The normalized spacial score (nSPS) is 15.6. The first-order chi connectivity index (χ1) is 19.4. The number of hydrogen-bond acceptors (Lipinski definition) is 8. The molecule has 4 rings (SSSR count). The average Bonchev–Trinajstić information content (AvgIpc) is 2.92. The highest BCUT2D eigenvalue weighted by atomic mass is 32.2. The molecule has 0 saturated carbocycles. The molecule has 0 aromatic heterocycles. The van der Waals surface area contributed by atoms with Crippen LogP contribution in [0.2, 0.25) is 0 Å². The summed E-state index contributed by atoms with van der Waals surface area (Å²) in [5.41, 5.74) is 1.000. The third-order valence-corrected chi connectivity index (χ3v) is 8.50. The average molecular weight is 582 g/mol. The molecule has 3 aromatic carbocycles. The number of rotatable bonds is 11. The number of carboxylic acid groups (broad SMARTS) is 1. The third-order valence-electron chi connectivity index (χ3n) is 6.89. The highest BCUT2D eigenvalue weighted by Gasteiger charge is 2.38. The summed E-state index contributed by atoms with van der Waals surface area (Å²) in [6, 6.07) is 14.6. The molecule has 0 fully saturated rings. The smallest absolute Gasteiger partial charge is 0.335 e. The zero-order valence-electron chi connectivity index (χ0n) is 22.8. The van der Waals surface area contributed by atoms with Crippen molar-refractivity contribution in [3.05, 3.63) is 87.6 Å². The zero-order chi connectivity index (χ0) is 29.9. The first-order valence-electron chi connectivity index (χ1n) is 12.8. The van der Waals surface area contributed by atoms with Crippen molar-refractivity contribution in [2.24, 2.45) is 0 Å². The Morgan fingerprint density at radius 1 is 1.12 bits per heavy atom. The number of amides is 2. The molecule has 13 heteroatoms. The van der Waals surface area contributed by atoms with Crippen LogP contribution in [0.5, 0.6) is 0 Å². The fourth-order valence-electron chi connectivity index (χ4n) is 5.03. The lowest BCUT2D eigenvalue weighted by molar-refractivity contribution is -0.384. The van der Waals surface area contributed by atoms with E-state index in [4.69, 9.17) is 0 Å². The standard InChI is InChI=1S/C28H31N5O7S/c1-18-25(27(34)35)26(19-8-4-9-20(16-19)33(37)38)32(28(36)30-18)15-7-14-29-17-41(39,40)24-13-6-10-21-22(24)11-5-12-23(21)31(2)3/h4-6,8-13,16,26,29H,7,14-15,17H2,1-3H3,(H,30,36)(H,34,35). The largest absolute Gasteiger partial charge is 0.478 e. The molecule has 3 N–H and O–H groups in total. The molecule has 0 radical (unpaired) electrons. The second-order valence-electron chi connectivity index (χ2n) is 9.86. The SMILES string of the molecule is CC1=C(C(=O)O)C(c2cccc([N+](=O)[O-])c2)N(CCCNCS(=O)(=O)c2cccc3c(N(C)C)cccc23)C(=O)N1. The number of non-ortho nitro benzene ring substituents is 1. The van der Waals surface area contributed by atoms with Crippen molar-refractivity contribution in [1.29, 1.82) is 0 Å². The zero-order valence-corrected chi connectivity index (χ0v) is 23.6. The van der Waals surface area contributed by atoms with E-state index in [9.17, 15) is 33.2 Å². The molecule has 1 aliphatic heterocycles. The first kappa shape index (κ1) is 29.5. The third kappa shape index (κ3) is 6.15. The number of nitrogens with one attached hydrogen (secondary N) is 2. The van der Waals surface area contributed by atoms with E-state index in [0.29, 0.717) is 11.8 Å². The Morgan fingerprint density at radius 2 is 1.80 bits per heavy atom. The summed E-state index contributed by atoms with van der Waals surface area (Å²) < 4.78 is 26.5. The van der Waals surface area contributed by atoms with Gasteiger partial charge >= 0.3 is 12.0 Å². The van der Waals surface area contributed by atoms with Gasteiger partial charge < -0.3 is 25.5 Å². The Bertz CT molecular complexity index is 1650. The molecule has 3 aromatic rings. The van der Waals surface area contributed by atoms with Crippen LogP contribution in [0, 0.1) is 10.1 Å². The van der Waals surface area contributed by atoms with Gasteiger partial charge in [-0.1, -0.05) is 36.4 Å². The summed E-state index contributed by atoms with van der Waals surface area (Å²) in [7, 11) is 0.0673. The summed E-state index contributed by atoms with van der Waals surface area (Å²) in [6.07, 6.45) is 0.292. The Labute approximate surface area is 237 Å². The summed E-state index contributed by atoms with van der Waals surface area (Å²) in [5, 5.41) is 28.1. The van der Waals surface area contributed by atoms with E-state index in [1.807, 2.05) is 37.2 Å². The van der Waals surface area contributed by atoms with Gasteiger partial charge in [0.25, 0.3) is 5.69 Å². The number of nitro benzene ring substituents is 1. The van der Waals surface area contributed by atoms with Gasteiger partial charge in [-0.2, -0.15) is 0 Å². The molecule has 0 bridgehead atoms. The molecule has 41 heavy (non-hydrogen) atoms. The molecule has 12 nitrogen and oxygen atoms in total. The Kier molecular flexibility index (Phi) is 8.59. The van der Waals surface area contributed by atoms with Crippen LogP contribution in [-0.4, -0.2) is 68.4 Å². The van der Waals surface area contributed by atoms with Crippen LogP contribution in [0.25, 0.3) is 10.8 Å². The van der Waals surface area contributed by atoms with Crippen LogP contribution in [-0.2, 0) is 14.6 Å². The minimum Gasteiger partial charge on any atom is -0.478 e. The summed E-state index contributed by atoms with van der Waals surface area (Å²) in [4.78, 5) is 39.2. The van der Waals surface area contributed by atoms with E-state index >= 15 is 0 Å². The number of aliphatic carboxylic acids is 1. The van der Waals surface area contributed by atoms with E-state index in [0.717, 1.165) is 11.1 Å². The van der Waals surface area contributed by atoms with Crippen LogP contribution >= 0.6 is 0 Å². The number of anilines is 1. The van der Waals surface area contributed by atoms with E-state index in [1.54, 1.807) is 18.2 Å². The Hall–Kier alpha value is -4.49. The number of carboxylic acids is 1. The number of nitro groups is 1. The number of urea groups is 1. The fourth-order valence-corrected chi connectivity index (χ4v) is 6.39. The number of nitrogens with zero attached hydrogens (tertiary/aromatic N) is 3. The molecule has 1 atom stereocenters. The van der Waals surface area contributed by atoms with Crippen molar-refractivity contribution in [3.8, 4) is 0 Å². The second kappa shape index (κ2) is 11.9. The highest BCUT2D eigenvalue weighted by molar-refractivity contribution is 7.91. The van der Waals surface area contributed by atoms with Gasteiger partial charge in [0.2, 0.25) is 0 Å². The predicted octanol–water partition coefficient (Wildman–Crippen LogP) is 3.65. The second-order valence-corrected chi connectivity index (χ2v) is 11.8. The quantitative estimate of drug-likeness (QED) is 0.174. The number of fused-ring (bicyclic) bond motifs is 1. The van der Waals surface area contributed by atoms with E-state index in [1.165, 1.54) is 36.1 Å². The topological polar surface area (TPSA) is 162 Å². The van der Waals surface area contributed by atoms with Crippen molar-refractivity contribution >= 4 is 44.0 Å². The summed E-state index contributed by atoms with van der Waals surface area (Å²) >= 11 is 0. The maximum Gasteiger partial charge on any atom is 0.335 e. The first-order valence-corrected chi connectivity index (χ1v) is 14.5. The van der Waals surface area contributed by atoms with E-state index in [-0.39, 0.29) is 46.4 Å². The number of allylic oxidation sites excluding steroid dienone is 1. The molecule has 1 unspecified atom stereocenters. The van der Waals surface area contributed by atoms with Crippen LogP contribution in [0.15, 0.2) is 76.8 Å². The minimum absolute atomic E-state index is 0.0662. The number of hydrogen-bond donors (Lipinski definition) is 3. The van der Waals surface area contributed by atoms with Crippen LogP contribution in [0.3, 0.4) is 0 Å². The lowest BCUT2D eigenvalue weighted by atomic mass is 9.93. The van der Waals surface area contributed by atoms with E-state index < -0.39 is 32.8 Å². The molecule has 0 aliphatic carbocycles. The van der Waals surface area contributed by atoms with Crippen molar-refractivity contribution in [2.75, 3.05) is 38.0 Å². The van der Waals surface area contributed by atoms with Gasteiger partial charge in [0, 0.05) is 54.9 Å². The van der Waals surface area contributed by atoms with Crippen LogP contribution < -0.4 is 15.5 Å². The monoisotopic (exact) mass is 581 g/mol. The van der Waals surface area contributed by atoms with Gasteiger partial charge in [-0.05, 0) is 37.6 Å². The van der Waals surface area contributed by atoms with Crippen LogP contribution in [0.4, 0.5) is 16.2 Å². The lowest BCUT2D eigenvalue weighted by Gasteiger charge is -2.37. The molecular weight excluding hydrogens is 550 g/mol. The number of sulfone groups is 1. The van der Waals surface area contributed by atoms with Crippen molar-refractivity contribution in [2.45, 2.75) is 24.3 Å². The fraction of sp³-hybridized carbons (Fsp3) is 0.286. The van der Waals surface area contributed by atoms with Gasteiger partial charge in [-0.25, -0.2) is 18.0 Å². The van der Waals surface area contributed by atoms with Gasteiger partial charge in [-0.3, -0.25) is 10.1 Å². The molecule has 0 saturated heterocycles. The molecule has 216 valence electrons. The molecule has 0 spiro atoms. The maximum absolute atomic E-state index is 13.2. The van der Waals surface area contributed by atoms with Crippen molar-refractivity contribution in [3.63, 3.8) is 0 Å². The van der Waals surface area contributed by atoms with Gasteiger partial charge in [0.05, 0.1) is 21.4 Å². The van der Waals surface area contributed by atoms with Crippen molar-refractivity contribution in [1.82, 2.24) is 15.5 Å². The summed E-state index contributed by atoms with van der Waals surface area (Å²) in [5.74, 6) is -1.60. The van der Waals surface area contributed by atoms with Crippen LogP contribution in [0.1, 0.15) is 24.9 Å². The Balaban J connectivity index is 1.49. The van der Waals surface area contributed by atoms with E-state index in [2.05, 4.69) is 10.6 Å². The van der Waals surface area contributed by atoms with Gasteiger partial charge in [-0.15, -0.1) is 0 Å². The number of benzene rings is 3. The lowest BCUT2D eigenvalue weighted by Crippen LogP contribution is -2.49. The highest BCUT2D eigenvalue weighted by Crippen LogP contribution is 2.35. The molecule has 1 heterocycles. The van der Waals surface area contributed by atoms with Gasteiger partial charge in [0.15, 0.2) is 9.84 Å².